The minimum absolute atomic E-state index is 0.0745. The van der Waals surface area contributed by atoms with Gasteiger partial charge < -0.3 is 10.8 Å². The minimum atomic E-state index is -1.00. The highest BCUT2D eigenvalue weighted by Crippen LogP contribution is 2.08. The number of rotatable bonds is 2. The molecule has 0 atom stereocenters. The standard InChI is InChI=1S/C5H6N2O2S/c6-2-3-1-4(5(8)9)7-10-3/h1H,2,6H2,(H,8,9). The average Bonchev–Trinajstić information content (AvgIpc) is 2.34. The van der Waals surface area contributed by atoms with Crippen LogP contribution in [0.1, 0.15) is 15.4 Å². The van der Waals surface area contributed by atoms with Crippen LogP contribution < -0.4 is 5.73 Å². The lowest BCUT2D eigenvalue weighted by Crippen LogP contribution is -1.96. The topological polar surface area (TPSA) is 76.2 Å². The number of carbonyl (C=O) groups is 1. The Kier molecular flexibility index (Phi) is 1.98. The summed E-state index contributed by atoms with van der Waals surface area (Å²) in [7, 11) is 0. The predicted molar refractivity (Wildman–Crippen MR) is 37.0 cm³/mol. The molecular formula is C5H6N2O2S. The van der Waals surface area contributed by atoms with Gasteiger partial charge in [0.1, 0.15) is 0 Å². The van der Waals surface area contributed by atoms with Crippen molar-refractivity contribution in [3.63, 3.8) is 0 Å². The van der Waals surface area contributed by atoms with Crippen molar-refractivity contribution in [3.05, 3.63) is 16.6 Å². The molecule has 54 valence electrons. The highest BCUT2D eigenvalue weighted by atomic mass is 32.1. The van der Waals surface area contributed by atoms with E-state index in [1.807, 2.05) is 0 Å². The van der Waals surface area contributed by atoms with Crippen LogP contribution in [0.25, 0.3) is 0 Å². The Labute approximate surface area is 61.5 Å². The van der Waals surface area contributed by atoms with Crippen molar-refractivity contribution < 1.29 is 9.90 Å². The Hall–Kier alpha value is -0.940. The highest BCUT2D eigenvalue weighted by molar-refractivity contribution is 7.05. The summed E-state index contributed by atoms with van der Waals surface area (Å²) in [6, 6.07) is 1.48. The molecule has 0 bridgehead atoms. The van der Waals surface area contributed by atoms with Crippen LogP contribution in [0.2, 0.25) is 0 Å². The molecule has 5 heteroatoms. The Balaban J connectivity index is 2.88. The van der Waals surface area contributed by atoms with Gasteiger partial charge in [-0.2, -0.15) is 4.37 Å². The predicted octanol–water partition coefficient (Wildman–Crippen LogP) is 0.300. The first kappa shape index (κ1) is 7.17. The molecule has 1 rings (SSSR count). The fourth-order valence-corrected chi connectivity index (χ4v) is 1.10. The molecule has 0 aliphatic rings. The molecule has 1 heterocycles. The van der Waals surface area contributed by atoms with Crippen LogP contribution in [0.15, 0.2) is 6.07 Å². The van der Waals surface area contributed by atoms with Crippen molar-refractivity contribution in [2.45, 2.75) is 6.54 Å². The lowest BCUT2D eigenvalue weighted by atomic mass is 10.4. The van der Waals surface area contributed by atoms with E-state index in [2.05, 4.69) is 4.37 Å². The Morgan fingerprint density at radius 3 is 2.90 bits per heavy atom. The van der Waals surface area contributed by atoms with E-state index in [-0.39, 0.29) is 5.69 Å². The number of hydrogen-bond acceptors (Lipinski definition) is 4. The van der Waals surface area contributed by atoms with Gasteiger partial charge in [0.15, 0.2) is 5.69 Å². The molecule has 0 aliphatic carbocycles. The van der Waals surface area contributed by atoms with E-state index < -0.39 is 5.97 Å². The summed E-state index contributed by atoms with van der Waals surface area (Å²) in [4.78, 5) is 11.0. The number of carboxylic acids is 1. The Morgan fingerprint density at radius 2 is 2.60 bits per heavy atom. The summed E-state index contributed by atoms with van der Waals surface area (Å²) < 4.78 is 3.65. The van der Waals surface area contributed by atoms with Crippen molar-refractivity contribution in [2.24, 2.45) is 5.73 Å². The normalized spacial score (nSPS) is 9.70. The zero-order valence-corrected chi connectivity index (χ0v) is 5.89. The van der Waals surface area contributed by atoms with E-state index in [1.165, 1.54) is 6.07 Å². The maximum atomic E-state index is 10.2. The van der Waals surface area contributed by atoms with Crippen LogP contribution in [-0.2, 0) is 6.54 Å². The number of hydrogen-bond donors (Lipinski definition) is 2. The van der Waals surface area contributed by atoms with E-state index in [4.69, 9.17) is 10.8 Å². The Bertz CT molecular complexity index is 246. The van der Waals surface area contributed by atoms with Crippen LogP contribution >= 0.6 is 11.5 Å². The van der Waals surface area contributed by atoms with E-state index in [9.17, 15) is 4.79 Å². The van der Waals surface area contributed by atoms with E-state index in [1.54, 1.807) is 0 Å². The maximum absolute atomic E-state index is 10.2. The first-order valence-electron chi connectivity index (χ1n) is 2.63. The van der Waals surface area contributed by atoms with E-state index in [0.717, 1.165) is 16.4 Å². The quantitative estimate of drug-likeness (QED) is 0.649. The molecule has 0 fully saturated rings. The first-order valence-corrected chi connectivity index (χ1v) is 3.40. The molecule has 1 aromatic rings. The molecule has 0 saturated carbocycles. The summed E-state index contributed by atoms with van der Waals surface area (Å²) in [6.45, 7) is 0.352. The van der Waals surface area contributed by atoms with Crippen LogP contribution in [-0.4, -0.2) is 15.4 Å². The van der Waals surface area contributed by atoms with Gasteiger partial charge >= 0.3 is 5.97 Å². The number of nitrogens with two attached hydrogens (primary N) is 1. The molecule has 0 saturated heterocycles. The lowest BCUT2D eigenvalue weighted by molar-refractivity contribution is 0.0692. The molecule has 3 N–H and O–H groups in total. The van der Waals surface area contributed by atoms with Gasteiger partial charge in [0, 0.05) is 11.4 Å². The van der Waals surface area contributed by atoms with Crippen LogP contribution in [0.3, 0.4) is 0 Å². The van der Waals surface area contributed by atoms with Gasteiger partial charge in [-0.3, -0.25) is 0 Å². The van der Waals surface area contributed by atoms with Gasteiger partial charge in [-0.1, -0.05) is 0 Å². The third-order valence-corrected chi connectivity index (χ3v) is 1.79. The molecule has 0 aromatic carbocycles. The monoisotopic (exact) mass is 158 g/mol. The van der Waals surface area contributed by atoms with Gasteiger partial charge in [-0.15, -0.1) is 0 Å². The molecule has 0 radical (unpaired) electrons. The summed E-state index contributed by atoms with van der Waals surface area (Å²) in [5.74, 6) is -1.00. The molecular weight excluding hydrogens is 152 g/mol. The second kappa shape index (κ2) is 2.76. The van der Waals surface area contributed by atoms with Crippen LogP contribution in [0.4, 0.5) is 0 Å². The second-order valence-electron chi connectivity index (χ2n) is 1.69. The van der Waals surface area contributed by atoms with Crippen molar-refractivity contribution in [2.75, 3.05) is 0 Å². The number of aromatic carboxylic acids is 1. The minimum Gasteiger partial charge on any atom is -0.476 e. The summed E-state index contributed by atoms with van der Waals surface area (Å²) >= 11 is 1.12. The zero-order valence-electron chi connectivity index (χ0n) is 5.07. The molecule has 0 amide bonds. The number of carboxylic acid groups (broad SMARTS) is 1. The van der Waals surface area contributed by atoms with Gasteiger partial charge in [-0.25, -0.2) is 4.79 Å². The first-order chi connectivity index (χ1) is 4.74. The molecule has 0 unspecified atom stereocenters. The van der Waals surface area contributed by atoms with Crippen LogP contribution in [0.5, 0.6) is 0 Å². The largest absolute Gasteiger partial charge is 0.476 e. The van der Waals surface area contributed by atoms with Gasteiger partial charge in [0.25, 0.3) is 0 Å². The smallest absolute Gasteiger partial charge is 0.355 e. The van der Waals surface area contributed by atoms with Gasteiger partial charge in [0.2, 0.25) is 0 Å². The second-order valence-corrected chi connectivity index (χ2v) is 2.58. The van der Waals surface area contributed by atoms with Crippen molar-refractivity contribution in [1.29, 1.82) is 0 Å². The molecule has 1 aromatic heterocycles. The van der Waals surface area contributed by atoms with E-state index in [0.29, 0.717) is 6.54 Å². The summed E-state index contributed by atoms with van der Waals surface area (Å²) in [6.07, 6.45) is 0. The third-order valence-electron chi connectivity index (χ3n) is 0.979. The zero-order chi connectivity index (χ0) is 7.56. The molecule has 0 spiro atoms. The SMILES string of the molecule is NCc1cc(C(=O)O)ns1. The van der Waals surface area contributed by atoms with Gasteiger partial charge in [0.05, 0.1) is 0 Å². The van der Waals surface area contributed by atoms with Crippen molar-refractivity contribution in [3.8, 4) is 0 Å². The van der Waals surface area contributed by atoms with E-state index >= 15 is 0 Å². The van der Waals surface area contributed by atoms with Gasteiger partial charge in [-0.05, 0) is 17.6 Å². The average molecular weight is 158 g/mol. The number of nitrogens with zero attached hydrogens (tertiary/aromatic N) is 1. The van der Waals surface area contributed by atoms with Crippen molar-refractivity contribution in [1.82, 2.24) is 4.37 Å². The molecule has 0 aliphatic heterocycles. The van der Waals surface area contributed by atoms with Crippen LogP contribution in [0, 0.1) is 0 Å². The third kappa shape index (κ3) is 1.31. The summed E-state index contributed by atoms with van der Waals surface area (Å²) in [5.41, 5.74) is 5.32. The highest BCUT2D eigenvalue weighted by Gasteiger charge is 2.06. The summed E-state index contributed by atoms with van der Waals surface area (Å²) in [5, 5.41) is 8.40. The lowest BCUT2D eigenvalue weighted by Gasteiger charge is -1.80. The molecule has 4 nitrogen and oxygen atoms in total. The number of aromatic nitrogens is 1. The van der Waals surface area contributed by atoms with Crippen molar-refractivity contribution >= 4 is 17.5 Å². The Morgan fingerprint density at radius 1 is 1.90 bits per heavy atom. The fraction of sp³-hybridized carbons (Fsp3) is 0.200. The molecule has 10 heavy (non-hydrogen) atoms. The fourth-order valence-electron chi connectivity index (χ4n) is 0.510. The maximum Gasteiger partial charge on any atom is 0.355 e.